The number of furan rings is 1. The van der Waals surface area contributed by atoms with Crippen molar-refractivity contribution in [1.29, 1.82) is 0 Å². The predicted molar refractivity (Wildman–Crippen MR) is 82.1 cm³/mol. The lowest BCUT2D eigenvalue weighted by Gasteiger charge is -2.28. The van der Waals surface area contributed by atoms with Crippen LogP contribution in [0.2, 0.25) is 0 Å². The van der Waals surface area contributed by atoms with Crippen LogP contribution < -0.4 is 0 Å². The summed E-state index contributed by atoms with van der Waals surface area (Å²) < 4.78 is 5.50. The van der Waals surface area contributed by atoms with Crippen molar-refractivity contribution in [3.8, 4) is 0 Å². The van der Waals surface area contributed by atoms with Gasteiger partial charge in [0.2, 0.25) is 0 Å². The fourth-order valence-corrected chi connectivity index (χ4v) is 2.95. The molecule has 1 N–H and O–H groups in total. The van der Waals surface area contributed by atoms with Crippen molar-refractivity contribution < 1.29 is 19.1 Å². The van der Waals surface area contributed by atoms with Crippen molar-refractivity contribution >= 4 is 11.9 Å². The normalized spacial score (nSPS) is 18.4. The number of carbonyl (C=O) groups is 2. The summed E-state index contributed by atoms with van der Waals surface area (Å²) in [6.07, 6.45) is 5.44. The highest BCUT2D eigenvalue weighted by Crippen LogP contribution is 2.31. The van der Waals surface area contributed by atoms with Crippen molar-refractivity contribution in [2.45, 2.75) is 31.7 Å². The van der Waals surface area contributed by atoms with E-state index in [1.165, 1.54) is 6.07 Å². The number of hydrogen-bond donors (Lipinski definition) is 1. The van der Waals surface area contributed by atoms with Crippen LogP contribution in [-0.4, -0.2) is 33.4 Å². The minimum Gasteiger partial charge on any atom is -0.477 e. The molecule has 0 bridgehead atoms. The van der Waals surface area contributed by atoms with E-state index in [0.29, 0.717) is 6.54 Å². The molecule has 1 unspecified atom stereocenters. The van der Waals surface area contributed by atoms with Gasteiger partial charge < -0.3 is 14.4 Å². The van der Waals surface area contributed by atoms with Gasteiger partial charge in [0.05, 0.1) is 12.3 Å². The number of carboxylic acids is 1. The van der Waals surface area contributed by atoms with Gasteiger partial charge in [-0.3, -0.25) is 4.79 Å². The molecule has 3 rings (SSSR count). The van der Waals surface area contributed by atoms with E-state index in [2.05, 4.69) is 4.98 Å². The lowest BCUT2D eigenvalue weighted by Crippen LogP contribution is -2.35. The first-order valence-corrected chi connectivity index (χ1v) is 7.71. The molecule has 120 valence electrons. The third-order valence-corrected chi connectivity index (χ3v) is 4.07. The molecule has 1 aliphatic heterocycles. The molecule has 1 saturated heterocycles. The molecule has 2 aromatic rings. The molecule has 23 heavy (non-hydrogen) atoms. The summed E-state index contributed by atoms with van der Waals surface area (Å²) >= 11 is 0. The van der Waals surface area contributed by atoms with Crippen LogP contribution >= 0.6 is 0 Å². The Bertz CT molecular complexity index is 696. The highest BCUT2D eigenvalue weighted by Gasteiger charge is 2.30. The van der Waals surface area contributed by atoms with Crippen molar-refractivity contribution in [2.24, 2.45) is 0 Å². The van der Waals surface area contributed by atoms with E-state index in [4.69, 9.17) is 9.52 Å². The van der Waals surface area contributed by atoms with E-state index in [1.54, 1.807) is 23.3 Å². The number of likely N-dealkylation sites (tertiary alicyclic amines) is 1. The van der Waals surface area contributed by atoms with Gasteiger partial charge in [-0.1, -0.05) is 18.9 Å². The summed E-state index contributed by atoms with van der Waals surface area (Å²) in [7, 11) is 0. The smallest absolute Gasteiger partial charge is 0.354 e. The first-order chi connectivity index (χ1) is 11.2. The lowest BCUT2D eigenvalue weighted by molar-refractivity contribution is 0.0651. The molecule has 1 atom stereocenters. The van der Waals surface area contributed by atoms with Crippen LogP contribution in [0, 0.1) is 0 Å². The molecule has 0 saturated carbocycles. The second-order valence-electron chi connectivity index (χ2n) is 5.59. The fraction of sp³-hybridized carbons (Fsp3) is 0.353. The second-order valence-corrected chi connectivity index (χ2v) is 5.59. The van der Waals surface area contributed by atoms with Gasteiger partial charge in [0, 0.05) is 6.54 Å². The number of pyridine rings is 1. The topological polar surface area (TPSA) is 83.6 Å². The van der Waals surface area contributed by atoms with Gasteiger partial charge in [-0.25, -0.2) is 9.78 Å². The zero-order valence-corrected chi connectivity index (χ0v) is 12.6. The summed E-state index contributed by atoms with van der Waals surface area (Å²) in [5.41, 5.74) is 0.0311. The average molecular weight is 314 g/mol. The van der Waals surface area contributed by atoms with Crippen LogP contribution in [-0.2, 0) is 0 Å². The third-order valence-electron chi connectivity index (χ3n) is 4.07. The van der Waals surface area contributed by atoms with Crippen LogP contribution in [0.4, 0.5) is 0 Å². The SMILES string of the molecule is O=C(O)c1cccc(C(=O)N2CCCCCC2c2ccco2)n1. The Kier molecular flexibility index (Phi) is 4.41. The average Bonchev–Trinajstić information content (AvgIpc) is 2.99. The standard InChI is InChI=1S/C17H18N2O4/c20-16(12-6-4-7-13(18-12)17(21)22)19-10-3-1-2-8-14(19)15-9-5-11-23-15/h4-7,9,11,14H,1-3,8,10H2,(H,21,22). The van der Waals surface area contributed by atoms with Gasteiger partial charge in [-0.15, -0.1) is 0 Å². The molecule has 0 aliphatic carbocycles. The highest BCUT2D eigenvalue weighted by molar-refractivity contribution is 5.94. The number of nitrogens with zero attached hydrogens (tertiary/aromatic N) is 2. The minimum atomic E-state index is -1.14. The molecule has 6 nitrogen and oxygen atoms in total. The molecule has 2 aromatic heterocycles. The van der Waals surface area contributed by atoms with E-state index >= 15 is 0 Å². The van der Waals surface area contributed by atoms with E-state index in [1.807, 2.05) is 12.1 Å². The molecule has 0 spiro atoms. The van der Waals surface area contributed by atoms with Crippen LogP contribution in [0.1, 0.15) is 58.5 Å². The predicted octanol–water partition coefficient (Wildman–Crippen LogP) is 3.13. The number of amides is 1. The van der Waals surface area contributed by atoms with E-state index < -0.39 is 5.97 Å². The Morgan fingerprint density at radius 2 is 1.96 bits per heavy atom. The molecule has 6 heteroatoms. The van der Waals surface area contributed by atoms with Crippen LogP contribution in [0.3, 0.4) is 0 Å². The molecule has 1 amide bonds. The summed E-state index contributed by atoms with van der Waals surface area (Å²) in [4.78, 5) is 29.6. The highest BCUT2D eigenvalue weighted by atomic mass is 16.4. The number of rotatable bonds is 3. The maximum atomic E-state index is 12.9. The van der Waals surface area contributed by atoms with Crippen molar-refractivity contribution in [3.05, 3.63) is 53.7 Å². The maximum Gasteiger partial charge on any atom is 0.354 e. The van der Waals surface area contributed by atoms with E-state index in [-0.39, 0.29) is 23.3 Å². The molecule has 1 aliphatic rings. The van der Waals surface area contributed by atoms with Gasteiger partial charge in [0.1, 0.15) is 17.1 Å². The van der Waals surface area contributed by atoms with E-state index in [0.717, 1.165) is 31.4 Å². The molecule has 3 heterocycles. The monoisotopic (exact) mass is 314 g/mol. The van der Waals surface area contributed by atoms with E-state index in [9.17, 15) is 9.59 Å². The van der Waals surface area contributed by atoms with Gasteiger partial charge >= 0.3 is 5.97 Å². The largest absolute Gasteiger partial charge is 0.477 e. The number of hydrogen-bond acceptors (Lipinski definition) is 4. The second kappa shape index (κ2) is 6.64. The van der Waals surface area contributed by atoms with Crippen LogP contribution in [0.5, 0.6) is 0 Å². The van der Waals surface area contributed by atoms with Crippen molar-refractivity contribution in [1.82, 2.24) is 9.88 Å². The van der Waals surface area contributed by atoms with Gasteiger partial charge in [-0.2, -0.15) is 0 Å². The first-order valence-electron chi connectivity index (χ1n) is 7.71. The van der Waals surface area contributed by atoms with Crippen LogP contribution in [0.25, 0.3) is 0 Å². The molecule has 0 radical (unpaired) electrons. The number of aromatic carboxylic acids is 1. The molecular formula is C17H18N2O4. The van der Waals surface area contributed by atoms with Crippen molar-refractivity contribution in [3.63, 3.8) is 0 Å². The summed E-state index contributed by atoms with van der Waals surface area (Å²) in [5.74, 6) is -0.635. The van der Waals surface area contributed by atoms with Crippen molar-refractivity contribution in [2.75, 3.05) is 6.54 Å². The lowest BCUT2D eigenvalue weighted by atomic mass is 10.1. The Morgan fingerprint density at radius 3 is 2.70 bits per heavy atom. The zero-order chi connectivity index (χ0) is 16.2. The first kappa shape index (κ1) is 15.3. The van der Waals surface area contributed by atoms with Crippen LogP contribution in [0.15, 0.2) is 41.0 Å². The molecular weight excluding hydrogens is 296 g/mol. The summed E-state index contributed by atoms with van der Waals surface area (Å²) in [6, 6.07) is 8.03. The Hall–Kier alpha value is -2.63. The molecule has 1 fully saturated rings. The van der Waals surface area contributed by atoms with Gasteiger partial charge in [0.25, 0.3) is 5.91 Å². The zero-order valence-electron chi connectivity index (χ0n) is 12.6. The molecule has 0 aromatic carbocycles. The van der Waals surface area contributed by atoms with Gasteiger partial charge in [-0.05, 0) is 37.1 Å². The number of aromatic nitrogens is 1. The fourth-order valence-electron chi connectivity index (χ4n) is 2.95. The maximum absolute atomic E-state index is 12.9. The Morgan fingerprint density at radius 1 is 1.13 bits per heavy atom. The Labute approximate surface area is 133 Å². The minimum absolute atomic E-state index is 0.125. The number of carbonyl (C=O) groups excluding carboxylic acids is 1. The quantitative estimate of drug-likeness (QED) is 0.941. The third kappa shape index (κ3) is 3.26. The Balaban J connectivity index is 1.91. The summed E-state index contributed by atoms with van der Waals surface area (Å²) in [5, 5.41) is 9.05. The van der Waals surface area contributed by atoms with Gasteiger partial charge in [0.15, 0.2) is 0 Å². The summed E-state index contributed by atoms with van der Waals surface area (Å²) in [6.45, 7) is 0.614. The number of carboxylic acid groups (broad SMARTS) is 1.